The van der Waals surface area contributed by atoms with Gasteiger partial charge in [0, 0.05) is 18.7 Å². The van der Waals surface area contributed by atoms with Crippen molar-refractivity contribution in [2.24, 2.45) is 11.1 Å². The van der Waals surface area contributed by atoms with Crippen LogP contribution in [0.3, 0.4) is 0 Å². The Kier molecular flexibility index (Phi) is 4.55. The predicted octanol–water partition coefficient (Wildman–Crippen LogP) is 0.249. The average molecular weight is 202 g/mol. The summed E-state index contributed by atoms with van der Waals surface area (Å²) in [7, 11) is 0. The van der Waals surface area contributed by atoms with Crippen LogP contribution in [0.5, 0.6) is 0 Å². The lowest BCUT2D eigenvalue weighted by molar-refractivity contribution is -0.132. The zero-order valence-electron chi connectivity index (χ0n) is 9.55. The Morgan fingerprint density at radius 1 is 1.36 bits per heavy atom. The molecule has 4 heteroatoms. The maximum Gasteiger partial charge on any atom is 0.227 e. The van der Waals surface area contributed by atoms with Gasteiger partial charge in [-0.05, 0) is 34.1 Å². The van der Waals surface area contributed by atoms with Gasteiger partial charge in [0.2, 0.25) is 5.91 Å². The maximum absolute atomic E-state index is 11.7. The first-order valence-corrected chi connectivity index (χ1v) is 4.91. The van der Waals surface area contributed by atoms with E-state index >= 15 is 0 Å². The van der Waals surface area contributed by atoms with E-state index in [4.69, 9.17) is 10.8 Å². The third-order valence-corrected chi connectivity index (χ3v) is 2.80. The molecule has 0 radical (unpaired) electrons. The minimum Gasteiger partial charge on any atom is -0.396 e. The molecular formula is C10H22N2O2. The standard InChI is InChI=1S/C10H22N2O2/c1-9(2,10(3,4)11)8(14)12-6-5-7-13/h13H,5-7,11H2,1-4H3,(H,12,14). The highest BCUT2D eigenvalue weighted by molar-refractivity contribution is 5.83. The topological polar surface area (TPSA) is 75.4 Å². The summed E-state index contributed by atoms with van der Waals surface area (Å²) in [6.45, 7) is 7.89. The van der Waals surface area contributed by atoms with Crippen molar-refractivity contribution in [1.29, 1.82) is 0 Å². The monoisotopic (exact) mass is 202 g/mol. The molecular weight excluding hydrogens is 180 g/mol. The second-order valence-corrected chi connectivity index (χ2v) is 4.68. The number of nitrogens with two attached hydrogens (primary N) is 1. The van der Waals surface area contributed by atoms with Gasteiger partial charge in [0.25, 0.3) is 0 Å². The van der Waals surface area contributed by atoms with Crippen LogP contribution in [-0.2, 0) is 4.79 Å². The van der Waals surface area contributed by atoms with E-state index in [1.807, 2.05) is 27.7 Å². The third kappa shape index (κ3) is 3.27. The Balaban J connectivity index is 4.23. The van der Waals surface area contributed by atoms with Crippen molar-refractivity contribution in [2.45, 2.75) is 39.7 Å². The van der Waals surface area contributed by atoms with Crippen LogP contribution in [0.15, 0.2) is 0 Å². The van der Waals surface area contributed by atoms with E-state index in [-0.39, 0.29) is 12.5 Å². The first kappa shape index (κ1) is 13.4. The molecule has 0 fully saturated rings. The molecule has 0 unspecified atom stereocenters. The maximum atomic E-state index is 11.7. The van der Waals surface area contributed by atoms with Crippen LogP contribution >= 0.6 is 0 Å². The zero-order valence-corrected chi connectivity index (χ0v) is 9.55. The molecule has 84 valence electrons. The van der Waals surface area contributed by atoms with Crippen molar-refractivity contribution in [3.8, 4) is 0 Å². The summed E-state index contributed by atoms with van der Waals surface area (Å²) in [4.78, 5) is 11.7. The lowest BCUT2D eigenvalue weighted by atomic mass is 9.74. The van der Waals surface area contributed by atoms with Gasteiger partial charge in [0.15, 0.2) is 0 Å². The smallest absolute Gasteiger partial charge is 0.227 e. The summed E-state index contributed by atoms with van der Waals surface area (Å²) in [5, 5.41) is 11.3. The second-order valence-electron chi connectivity index (χ2n) is 4.68. The van der Waals surface area contributed by atoms with Crippen LogP contribution in [0.1, 0.15) is 34.1 Å². The summed E-state index contributed by atoms with van der Waals surface area (Å²) in [5.41, 5.74) is 4.74. The van der Waals surface area contributed by atoms with E-state index < -0.39 is 11.0 Å². The Bertz CT molecular complexity index is 195. The molecule has 0 aromatic carbocycles. The van der Waals surface area contributed by atoms with Gasteiger partial charge in [0.05, 0.1) is 5.41 Å². The van der Waals surface area contributed by atoms with Crippen molar-refractivity contribution in [3.05, 3.63) is 0 Å². The molecule has 0 atom stereocenters. The molecule has 0 bridgehead atoms. The van der Waals surface area contributed by atoms with Gasteiger partial charge in [-0.25, -0.2) is 0 Å². The minimum atomic E-state index is -0.609. The molecule has 0 aromatic heterocycles. The number of hydrogen-bond acceptors (Lipinski definition) is 3. The summed E-state index contributed by atoms with van der Waals surface area (Å²) in [5.74, 6) is -0.0709. The Morgan fingerprint density at radius 3 is 2.21 bits per heavy atom. The number of aliphatic hydroxyl groups excluding tert-OH is 1. The molecule has 0 aliphatic carbocycles. The van der Waals surface area contributed by atoms with Gasteiger partial charge >= 0.3 is 0 Å². The Labute approximate surface area is 85.9 Å². The van der Waals surface area contributed by atoms with Gasteiger partial charge < -0.3 is 16.2 Å². The van der Waals surface area contributed by atoms with Crippen molar-refractivity contribution in [3.63, 3.8) is 0 Å². The van der Waals surface area contributed by atoms with Gasteiger partial charge in [-0.2, -0.15) is 0 Å². The third-order valence-electron chi connectivity index (χ3n) is 2.80. The highest BCUT2D eigenvalue weighted by Gasteiger charge is 2.39. The number of carbonyl (C=O) groups excluding carboxylic acids is 1. The average Bonchev–Trinajstić information content (AvgIpc) is 2.02. The molecule has 0 saturated carbocycles. The molecule has 0 rings (SSSR count). The Hall–Kier alpha value is -0.610. The van der Waals surface area contributed by atoms with E-state index in [9.17, 15) is 4.79 Å². The fourth-order valence-corrected chi connectivity index (χ4v) is 0.795. The number of carbonyl (C=O) groups is 1. The fourth-order valence-electron chi connectivity index (χ4n) is 0.795. The molecule has 14 heavy (non-hydrogen) atoms. The lowest BCUT2D eigenvalue weighted by Gasteiger charge is -2.36. The molecule has 4 nitrogen and oxygen atoms in total. The SMILES string of the molecule is CC(C)(N)C(C)(C)C(=O)NCCCO. The molecule has 4 N–H and O–H groups in total. The van der Waals surface area contributed by atoms with Gasteiger partial charge in [0.1, 0.15) is 0 Å². The van der Waals surface area contributed by atoms with Crippen LogP contribution in [-0.4, -0.2) is 29.7 Å². The van der Waals surface area contributed by atoms with E-state index in [0.29, 0.717) is 13.0 Å². The van der Waals surface area contributed by atoms with E-state index in [0.717, 1.165) is 0 Å². The quantitative estimate of drug-likeness (QED) is 0.559. The van der Waals surface area contributed by atoms with E-state index in [2.05, 4.69) is 5.32 Å². The molecule has 1 amide bonds. The van der Waals surface area contributed by atoms with Gasteiger partial charge in [-0.3, -0.25) is 4.79 Å². The van der Waals surface area contributed by atoms with Gasteiger partial charge in [-0.1, -0.05) is 0 Å². The van der Waals surface area contributed by atoms with E-state index in [1.165, 1.54) is 0 Å². The molecule has 0 aliphatic rings. The molecule has 0 saturated heterocycles. The number of rotatable bonds is 5. The molecule has 0 spiro atoms. The van der Waals surface area contributed by atoms with Crippen LogP contribution in [0, 0.1) is 5.41 Å². The second kappa shape index (κ2) is 4.75. The van der Waals surface area contributed by atoms with Crippen LogP contribution < -0.4 is 11.1 Å². The summed E-state index contributed by atoms with van der Waals surface area (Å²) in [6, 6.07) is 0. The number of aliphatic hydroxyl groups is 1. The van der Waals surface area contributed by atoms with Crippen LogP contribution in [0.25, 0.3) is 0 Å². The number of nitrogens with one attached hydrogen (secondary N) is 1. The normalized spacial score (nSPS) is 12.7. The Morgan fingerprint density at radius 2 is 1.86 bits per heavy atom. The van der Waals surface area contributed by atoms with Crippen LogP contribution in [0.4, 0.5) is 0 Å². The minimum absolute atomic E-state index is 0.0709. The van der Waals surface area contributed by atoms with Crippen LogP contribution in [0.2, 0.25) is 0 Å². The lowest BCUT2D eigenvalue weighted by Crippen LogP contribution is -2.55. The molecule has 0 heterocycles. The molecule has 0 aromatic rings. The summed E-state index contributed by atoms with van der Waals surface area (Å²) in [6.07, 6.45) is 0.576. The van der Waals surface area contributed by atoms with Crippen molar-refractivity contribution < 1.29 is 9.90 Å². The first-order chi connectivity index (χ1) is 6.23. The summed E-state index contributed by atoms with van der Waals surface area (Å²) >= 11 is 0. The molecule has 0 aliphatic heterocycles. The number of amides is 1. The van der Waals surface area contributed by atoms with Gasteiger partial charge in [-0.15, -0.1) is 0 Å². The van der Waals surface area contributed by atoms with Crippen molar-refractivity contribution in [2.75, 3.05) is 13.2 Å². The van der Waals surface area contributed by atoms with E-state index in [1.54, 1.807) is 0 Å². The predicted molar refractivity (Wildman–Crippen MR) is 56.8 cm³/mol. The summed E-state index contributed by atoms with van der Waals surface area (Å²) < 4.78 is 0. The first-order valence-electron chi connectivity index (χ1n) is 4.91. The van der Waals surface area contributed by atoms with Crippen molar-refractivity contribution >= 4 is 5.91 Å². The zero-order chi connectivity index (χ0) is 11.4. The largest absolute Gasteiger partial charge is 0.396 e. The highest BCUT2D eigenvalue weighted by atomic mass is 16.3. The number of hydrogen-bond donors (Lipinski definition) is 3. The van der Waals surface area contributed by atoms with Crippen molar-refractivity contribution in [1.82, 2.24) is 5.32 Å². The fraction of sp³-hybridized carbons (Fsp3) is 0.900. The highest BCUT2D eigenvalue weighted by Crippen LogP contribution is 2.28.